The number of methoxy groups -OCH3 is 1. The molecule has 1 unspecified atom stereocenters. The van der Waals surface area contributed by atoms with Gasteiger partial charge in [0.2, 0.25) is 0 Å². The van der Waals surface area contributed by atoms with Gasteiger partial charge >= 0.3 is 0 Å². The molecule has 1 N–H and O–H groups in total. The van der Waals surface area contributed by atoms with Crippen LogP contribution in [0.4, 0.5) is 0 Å². The molecule has 5 heteroatoms. The normalized spacial score (nSPS) is 12.4. The lowest BCUT2D eigenvalue weighted by atomic mass is 10.1. The van der Waals surface area contributed by atoms with Crippen LogP contribution in [0.25, 0.3) is 0 Å². The summed E-state index contributed by atoms with van der Waals surface area (Å²) in [7, 11) is 3.60. The first kappa shape index (κ1) is 16.4. The topological polar surface area (TPSA) is 39.7 Å². The molecule has 1 atom stereocenters. The number of benzene rings is 1. The van der Waals surface area contributed by atoms with Gasteiger partial charge in [0, 0.05) is 13.2 Å². The van der Waals surface area contributed by atoms with Crippen LogP contribution in [0.2, 0.25) is 0 Å². The molecule has 0 aliphatic heterocycles. The molecule has 0 fully saturated rings. The van der Waals surface area contributed by atoms with Crippen molar-refractivity contribution in [1.29, 1.82) is 0 Å². The van der Waals surface area contributed by atoms with E-state index < -0.39 is 0 Å². The van der Waals surface area contributed by atoms with Crippen molar-refractivity contribution >= 4 is 15.9 Å². The molecule has 108 valence electrons. The Morgan fingerprint density at radius 2 is 1.95 bits per heavy atom. The standard InChI is InChI=1S/C14H22BrNO3/c1-11(16-2)12-4-5-14(13(15)10-12)19-9-8-18-7-6-17-3/h4-5,10-11,16H,6-9H2,1-3H3. The van der Waals surface area contributed by atoms with Crippen LogP contribution in [0.15, 0.2) is 22.7 Å². The Labute approximate surface area is 123 Å². The fourth-order valence-corrected chi connectivity index (χ4v) is 2.04. The summed E-state index contributed by atoms with van der Waals surface area (Å²) in [6.45, 7) is 4.42. The third-order valence-electron chi connectivity index (χ3n) is 2.81. The smallest absolute Gasteiger partial charge is 0.133 e. The molecule has 0 aromatic heterocycles. The highest BCUT2D eigenvalue weighted by Crippen LogP contribution is 2.28. The Balaban J connectivity index is 2.38. The largest absolute Gasteiger partial charge is 0.490 e. The second kappa shape index (κ2) is 9.31. The van der Waals surface area contributed by atoms with E-state index in [9.17, 15) is 0 Å². The molecular formula is C14H22BrNO3. The van der Waals surface area contributed by atoms with Crippen LogP contribution in [0, 0.1) is 0 Å². The van der Waals surface area contributed by atoms with Gasteiger partial charge in [0.1, 0.15) is 12.4 Å². The Hall–Kier alpha value is -0.620. The van der Waals surface area contributed by atoms with E-state index in [0.29, 0.717) is 32.5 Å². The Morgan fingerprint density at radius 3 is 2.58 bits per heavy atom. The highest BCUT2D eigenvalue weighted by atomic mass is 79.9. The second-order valence-electron chi connectivity index (χ2n) is 4.15. The van der Waals surface area contributed by atoms with E-state index in [-0.39, 0.29) is 0 Å². The van der Waals surface area contributed by atoms with E-state index in [1.54, 1.807) is 7.11 Å². The quantitative estimate of drug-likeness (QED) is 0.706. The molecule has 0 radical (unpaired) electrons. The molecule has 1 aromatic carbocycles. The zero-order valence-electron chi connectivity index (χ0n) is 11.7. The van der Waals surface area contributed by atoms with Crippen molar-refractivity contribution in [2.75, 3.05) is 40.6 Å². The molecule has 0 aliphatic carbocycles. The van der Waals surface area contributed by atoms with E-state index in [2.05, 4.69) is 40.3 Å². The van der Waals surface area contributed by atoms with Crippen molar-refractivity contribution in [3.05, 3.63) is 28.2 Å². The SMILES string of the molecule is CNC(C)c1ccc(OCCOCCOC)c(Br)c1. The average Bonchev–Trinajstić information content (AvgIpc) is 2.43. The lowest BCUT2D eigenvalue weighted by Gasteiger charge is -2.13. The van der Waals surface area contributed by atoms with E-state index in [4.69, 9.17) is 14.2 Å². The molecule has 0 bridgehead atoms. The summed E-state index contributed by atoms with van der Waals surface area (Å²) in [5.74, 6) is 0.836. The maximum absolute atomic E-state index is 5.65. The molecule has 0 aliphatic rings. The van der Waals surface area contributed by atoms with Crippen molar-refractivity contribution in [2.24, 2.45) is 0 Å². The van der Waals surface area contributed by atoms with Crippen LogP contribution in [-0.2, 0) is 9.47 Å². The van der Waals surface area contributed by atoms with Gasteiger partial charge in [-0.25, -0.2) is 0 Å². The van der Waals surface area contributed by atoms with Gasteiger partial charge in [0.25, 0.3) is 0 Å². The zero-order chi connectivity index (χ0) is 14.1. The van der Waals surface area contributed by atoms with Crippen molar-refractivity contribution in [3.8, 4) is 5.75 Å². The molecule has 0 heterocycles. The van der Waals surface area contributed by atoms with Gasteiger partial charge in [0.05, 0.1) is 24.3 Å². The number of hydrogen-bond acceptors (Lipinski definition) is 4. The van der Waals surface area contributed by atoms with E-state index in [1.807, 2.05) is 13.1 Å². The second-order valence-corrected chi connectivity index (χ2v) is 5.01. The van der Waals surface area contributed by atoms with E-state index in [0.717, 1.165) is 10.2 Å². The first-order valence-corrected chi connectivity index (χ1v) is 7.14. The highest BCUT2D eigenvalue weighted by molar-refractivity contribution is 9.10. The van der Waals surface area contributed by atoms with Crippen LogP contribution in [0.3, 0.4) is 0 Å². The molecule has 4 nitrogen and oxygen atoms in total. The minimum atomic E-state index is 0.322. The molecule has 1 rings (SSSR count). The molecule has 0 saturated heterocycles. The number of ether oxygens (including phenoxy) is 3. The summed E-state index contributed by atoms with van der Waals surface area (Å²) in [6.07, 6.45) is 0. The first-order chi connectivity index (χ1) is 9.19. The van der Waals surface area contributed by atoms with Gasteiger partial charge in [-0.3, -0.25) is 0 Å². The summed E-state index contributed by atoms with van der Waals surface area (Å²) in [4.78, 5) is 0. The number of halogens is 1. The third kappa shape index (κ3) is 5.91. The van der Waals surface area contributed by atoms with Gasteiger partial charge < -0.3 is 19.5 Å². The summed E-state index contributed by atoms with van der Waals surface area (Å²) < 4.78 is 16.8. The summed E-state index contributed by atoms with van der Waals surface area (Å²) in [5, 5.41) is 3.21. The molecule has 0 saturated carbocycles. The van der Waals surface area contributed by atoms with Gasteiger partial charge in [-0.1, -0.05) is 6.07 Å². The summed E-state index contributed by atoms with van der Waals surface area (Å²) >= 11 is 3.53. The molecular weight excluding hydrogens is 310 g/mol. The van der Waals surface area contributed by atoms with Crippen molar-refractivity contribution in [2.45, 2.75) is 13.0 Å². The van der Waals surface area contributed by atoms with Crippen LogP contribution < -0.4 is 10.1 Å². The lowest BCUT2D eigenvalue weighted by Crippen LogP contribution is -2.12. The maximum Gasteiger partial charge on any atom is 0.133 e. The Kier molecular flexibility index (Phi) is 8.05. The third-order valence-corrected chi connectivity index (χ3v) is 3.43. The van der Waals surface area contributed by atoms with Gasteiger partial charge in [0.15, 0.2) is 0 Å². The lowest BCUT2D eigenvalue weighted by molar-refractivity contribution is 0.0543. The van der Waals surface area contributed by atoms with Crippen LogP contribution in [0.1, 0.15) is 18.5 Å². The fourth-order valence-electron chi connectivity index (χ4n) is 1.53. The van der Waals surface area contributed by atoms with Crippen LogP contribution >= 0.6 is 15.9 Å². The number of rotatable bonds is 9. The fraction of sp³-hybridized carbons (Fsp3) is 0.571. The molecule has 1 aromatic rings. The predicted octanol–water partition coefficient (Wildman–Crippen LogP) is 2.77. The first-order valence-electron chi connectivity index (χ1n) is 6.35. The van der Waals surface area contributed by atoms with Crippen LogP contribution in [-0.4, -0.2) is 40.6 Å². The predicted molar refractivity (Wildman–Crippen MR) is 79.8 cm³/mol. The van der Waals surface area contributed by atoms with Gasteiger partial charge in [-0.05, 0) is 47.6 Å². The highest BCUT2D eigenvalue weighted by Gasteiger charge is 2.06. The van der Waals surface area contributed by atoms with Gasteiger partial charge in [-0.15, -0.1) is 0 Å². The monoisotopic (exact) mass is 331 g/mol. The summed E-state index contributed by atoms with van der Waals surface area (Å²) in [5.41, 5.74) is 1.22. The maximum atomic E-state index is 5.65. The molecule has 0 spiro atoms. The molecule has 0 amide bonds. The minimum absolute atomic E-state index is 0.322. The Bertz CT molecular complexity index is 374. The summed E-state index contributed by atoms with van der Waals surface area (Å²) in [6, 6.07) is 6.43. The van der Waals surface area contributed by atoms with E-state index in [1.165, 1.54) is 5.56 Å². The number of nitrogens with one attached hydrogen (secondary N) is 1. The number of hydrogen-bond donors (Lipinski definition) is 1. The Morgan fingerprint density at radius 1 is 1.21 bits per heavy atom. The van der Waals surface area contributed by atoms with Crippen molar-refractivity contribution in [1.82, 2.24) is 5.32 Å². The van der Waals surface area contributed by atoms with E-state index >= 15 is 0 Å². The van der Waals surface area contributed by atoms with Crippen molar-refractivity contribution in [3.63, 3.8) is 0 Å². The van der Waals surface area contributed by atoms with Crippen LogP contribution in [0.5, 0.6) is 5.75 Å². The zero-order valence-corrected chi connectivity index (χ0v) is 13.3. The van der Waals surface area contributed by atoms with Crippen molar-refractivity contribution < 1.29 is 14.2 Å². The molecule has 19 heavy (non-hydrogen) atoms. The minimum Gasteiger partial charge on any atom is -0.490 e. The van der Waals surface area contributed by atoms with Gasteiger partial charge in [-0.2, -0.15) is 0 Å². The average molecular weight is 332 g/mol.